The normalized spacial score (nSPS) is 15.9. The fourth-order valence-corrected chi connectivity index (χ4v) is 4.15. The number of nitrogens with one attached hydrogen (secondary N) is 1. The molecule has 0 bridgehead atoms. The Morgan fingerprint density at radius 2 is 1.72 bits per heavy atom. The molecule has 7 heteroatoms. The van der Waals surface area contributed by atoms with Gasteiger partial charge in [0.2, 0.25) is 0 Å². The van der Waals surface area contributed by atoms with Gasteiger partial charge in [-0.25, -0.2) is 4.39 Å². The van der Waals surface area contributed by atoms with Crippen LogP contribution >= 0.6 is 23.2 Å². The van der Waals surface area contributed by atoms with Gasteiger partial charge in [-0.05, 0) is 56.8 Å². The Morgan fingerprint density at radius 3 is 2.19 bits per heavy atom. The first-order valence-corrected chi connectivity index (χ1v) is 12.4. The van der Waals surface area contributed by atoms with Crippen molar-refractivity contribution in [1.82, 2.24) is 10.2 Å². The molecule has 3 N–H and O–H groups in total. The number of piperidine rings is 1. The van der Waals surface area contributed by atoms with Gasteiger partial charge in [0.25, 0.3) is 5.91 Å². The Bertz CT molecular complexity index is 682. The van der Waals surface area contributed by atoms with Crippen LogP contribution in [0.25, 0.3) is 0 Å². The monoisotopic (exact) mass is 489 g/mol. The minimum Gasteiger partial charge on any atom is -0.349 e. The van der Waals surface area contributed by atoms with Crippen molar-refractivity contribution in [3.05, 3.63) is 45.5 Å². The highest BCUT2D eigenvalue weighted by atomic mass is 35.5. The van der Waals surface area contributed by atoms with Crippen molar-refractivity contribution in [2.24, 2.45) is 11.7 Å². The maximum absolute atomic E-state index is 15.2. The predicted molar refractivity (Wildman–Crippen MR) is 138 cm³/mol. The molecule has 32 heavy (non-hydrogen) atoms. The first kappa shape index (κ1) is 30.9. The standard InChI is InChI=1S/C22H31Cl2FN2O.C2H6.CH5N/c1-4-5-17(10-16(2)3)14-27-8-6-22(25,7-9-27)15-26-21(28)18-11-19(23)13-20(24)12-18;2*1-2/h5,11-13,16H,4,6-10,14-15H2,1-3H3,(H,26,28);1-2H3;2H2,1H3/b17-5+;;. The van der Waals surface area contributed by atoms with E-state index in [1.165, 1.54) is 24.8 Å². The van der Waals surface area contributed by atoms with Crippen LogP contribution in [0, 0.1) is 5.92 Å². The van der Waals surface area contributed by atoms with Crippen molar-refractivity contribution in [2.75, 3.05) is 33.2 Å². The second-order valence-corrected chi connectivity index (χ2v) is 9.01. The van der Waals surface area contributed by atoms with Crippen LogP contribution in [0.15, 0.2) is 29.8 Å². The van der Waals surface area contributed by atoms with Crippen LogP contribution in [0.5, 0.6) is 0 Å². The molecule has 0 radical (unpaired) electrons. The van der Waals surface area contributed by atoms with Crippen molar-refractivity contribution in [1.29, 1.82) is 0 Å². The Kier molecular flexibility index (Phi) is 15.9. The molecule has 0 aliphatic carbocycles. The quantitative estimate of drug-likeness (QED) is 0.409. The number of carbonyl (C=O) groups excluding carboxylic acids is 1. The molecule has 0 aromatic heterocycles. The van der Waals surface area contributed by atoms with E-state index in [1.54, 1.807) is 6.07 Å². The number of hydrogen-bond donors (Lipinski definition) is 2. The average Bonchev–Trinajstić information content (AvgIpc) is 2.76. The third-order valence-corrected chi connectivity index (χ3v) is 5.47. The number of halogens is 3. The van der Waals surface area contributed by atoms with Gasteiger partial charge in [-0.2, -0.15) is 0 Å². The minimum atomic E-state index is -1.37. The van der Waals surface area contributed by atoms with Gasteiger partial charge in [-0.3, -0.25) is 9.69 Å². The lowest BCUT2D eigenvalue weighted by Gasteiger charge is -2.37. The molecule has 1 amide bonds. The fraction of sp³-hybridized carbons (Fsp3) is 0.640. The van der Waals surface area contributed by atoms with Crippen molar-refractivity contribution in [3.63, 3.8) is 0 Å². The molecule has 1 aromatic rings. The smallest absolute Gasteiger partial charge is 0.251 e. The van der Waals surface area contributed by atoms with E-state index >= 15 is 4.39 Å². The molecule has 1 fully saturated rings. The number of benzene rings is 1. The van der Waals surface area contributed by atoms with Crippen LogP contribution in [-0.4, -0.2) is 49.7 Å². The molecule has 1 aliphatic heterocycles. The number of carbonyl (C=O) groups is 1. The molecular formula is C25H42Cl2FN3O. The van der Waals surface area contributed by atoms with E-state index in [4.69, 9.17) is 23.2 Å². The van der Waals surface area contributed by atoms with E-state index in [0.717, 1.165) is 19.4 Å². The zero-order valence-electron chi connectivity index (χ0n) is 20.6. The molecule has 4 nitrogen and oxygen atoms in total. The molecule has 1 aromatic carbocycles. The average molecular weight is 491 g/mol. The Balaban J connectivity index is 0.00000227. The summed E-state index contributed by atoms with van der Waals surface area (Å²) in [5.41, 5.74) is 4.91. The summed E-state index contributed by atoms with van der Waals surface area (Å²) in [6, 6.07) is 4.63. The van der Waals surface area contributed by atoms with Crippen LogP contribution in [0.4, 0.5) is 4.39 Å². The maximum Gasteiger partial charge on any atom is 0.251 e. The van der Waals surface area contributed by atoms with Gasteiger partial charge in [-0.15, -0.1) is 0 Å². The number of nitrogens with two attached hydrogens (primary N) is 1. The summed E-state index contributed by atoms with van der Waals surface area (Å²) in [5.74, 6) is 0.270. The van der Waals surface area contributed by atoms with E-state index in [-0.39, 0.29) is 12.5 Å². The van der Waals surface area contributed by atoms with Gasteiger partial charge in [-0.1, -0.05) is 69.5 Å². The summed E-state index contributed by atoms with van der Waals surface area (Å²) < 4.78 is 15.2. The molecule has 0 unspecified atom stereocenters. The van der Waals surface area contributed by atoms with Crippen LogP contribution in [0.1, 0.15) is 70.7 Å². The number of hydrogen-bond acceptors (Lipinski definition) is 3. The number of amides is 1. The van der Waals surface area contributed by atoms with Gasteiger partial charge >= 0.3 is 0 Å². The van der Waals surface area contributed by atoms with Crippen molar-refractivity contribution < 1.29 is 9.18 Å². The molecule has 1 heterocycles. The van der Waals surface area contributed by atoms with Gasteiger partial charge < -0.3 is 11.1 Å². The summed E-state index contributed by atoms with van der Waals surface area (Å²) in [4.78, 5) is 14.6. The highest BCUT2D eigenvalue weighted by Crippen LogP contribution is 2.27. The van der Waals surface area contributed by atoms with Crippen molar-refractivity contribution in [2.45, 2.75) is 66.0 Å². The Hall–Kier alpha value is -1.14. The molecule has 0 saturated carbocycles. The van der Waals surface area contributed by atoms with Gasteiger partial charge in [0, 0.05) is 35.2 Å². The summed E-state index contributed by atoms with van der Waals surface area (Å²) in [7, 11) is 1.50. The van der Waals surface area contributed by atoms with Crippen molar-refractivity contribution >= 4 is 29.1 Å². The number of allylic oxidation sites excluding steroid dienone is 1. The Labute approximate surface area is 204 Å². The summed E-state index contributed by atoms with van der Waals surface area (Å²) in [5, 5.41) is 3.48. The van der Waals surface area contributed by atoms with E-state index < -0.39 is 5.67 Å². The third-order valence-electron chi connectivity index (χ3n) is 5.03. The second kappa shape index (κ2) is 16.5. The van der Waals surface area contributed by atoms with E-state index in [9.17, 15) is 4.79 Å². The number of likely N-dealkylation sites (tertiary alicyclic amines) is 1. The van der Waals surface area contributed by atoms with E-state index in [0.29, 0.717) is 47.5 Å². The van der Waals surface area contributed by atoms with E-state index in [1.807, 2.05) is 13.8 Å². The highest BCUT2D eigenvalue weighted by molar-refractivity contribution is 6.35. The molecule has 0 atom stereocenters. The summed E-state index contributed by atoms with van der Waals surface area (Å²) in [6.07, 6.45) is 5.26. The number of nitrogens with zero attached hydrogens (tertiary/aromatic N) is 1. The molecule has 0 spiro atoms. The maximum atomic E-state index is 15.2. The van der Waals surface area contributed by atoms with Gasteiger partial charge in [0.15, 0.2) is 0 Å². The lowest BCUT2D eigenvalue weighted by molar-refractivity contribution is 0.0573. The first-order chi connectivity index (χ1) is 15.2. The Morgan fingerprint density at radius 1 is 1.19 bits per heavy atom. The third kappa shape index (κ3) is 11.6. The fourth-order valence-electron chi connectivity index (χ4n) is 3.63. The lowest BCUT2D eigenvalue weighted by atomic mass is 9.92. The van der Waals surface area contributed by atoms with Gasteiger partial charge in [0.05, 0.1) is 6.54 Å². The zero-order chi connectivity index (χ0) is 24.7. The molecule has 1 aliphatic rings. The highest BCUT2D eigenvalue weighted by Gasteiger charge is 2.35. The van der Waals surface area contributed by atoms with Crippen LogP contribution in [0.3, 0.4) is 0 Å². The summed E-state index contributed by atoms with van der Waals surface area (Å²) in [6.45, 7) is 12.9. The van der Waals surface area contributed by atoms with E-state index in [2.05, 4.69) is 42.8 Å². The molecule has 2 rings (SSSR count). The zero-order valence-corrected chi connectivity index (χ0v) is 22.1. The first-order valence-electron chi connectivity index (χ1n) is 11.6. The minimum absolute atomic E-state index is 0.00740. The lowest BCUT2D eigenvalue weighted by Crippen LogP contribution is -2.48. The second-order valence-electron chi connectivity index (χ2n) is 8.14. The largest absolute Gasteiger partial charge is 0.349 e. The number of rotatable bonds is 8. The predicted octanol–water partition coefficient (Wildman–Crippen LogP) is 6.51. The van der Waals surface area contributed by atoms with Crippen LogP contribution < -0.4 is 11.1 Å². The van der Waals surface area contributed by atoms with Crippen LogP contribution in [-0.2, 0) is 0 Å². The SMILES string of the molecule is CC.CC/C=C(\CC(C)C)CN1CCC(F)(CNC(=O)c2cc(Cl)cc(Cl)c2)CC1.CN. The molecule has 1 saturated heterocycles. The van der Waals surface area contributed by atoms with Crippen LogP contribution in [0.2, 0.25) is 10.0 Å². The van der Waals surface area contributed by atoms with Crippen molar-refractivity contribution in [3.8, 4) is 0 Å². The summed E-state index contributed by atoms with van der Waals surface area (Å²) >= 11 is 11.9. The number of alkyl halides is 1. The molecule has 184 valence electrons. The molecular weight excluding hydrogens is 448 g/mol. The topological polar surface area (TPSA) is 58.4 Å². The van der Waals surface area contributed by atoms with Gasteiger partial charge in [0.1, 0.15) is 5.67 Å².